The second-order valence-electron chi connectivity index (χ2n) is 13.5. The van der Waals surface area contributed by atoms with Crippen molar-refractivity contribution < 1.29 is 33.2 Å². The van der Waals surface area contributed by atoms with Crippen LogP contribution in [0.5, 0.6) is 28.7 Å². The molecule has 0 aliphatic carbocycles. The first-order chi connectivity index (χ1) is 23.2. The number of nitrogens with zero attached hydrogens (tertiary/aromatic N) is 3. The topological polar surface area (TPSA) is 103 Å². The van der Waals surface area contributed by atoms with Crippen molar-refractivity contribution in [3.05, 3.63) is 76.3 Å². The third-order valence-corrected chi connectivity index (χ3v) is 11.2. The fourth-order valence-corrected chi connectivity index (χ4v) is 8.93. The Balaban J connectivity index is 1.27. The molecule has 3 aromatic rings. The number of carbonyl (C=O) groups is 1. The van der Waals surface area contributed by atoms with Gasteiger partial charge in [-0.05, 0) is 89.9 Å². The van der Waals surface area contributed by atoms with Gasteiger partial charge in [-0.3, -0.25) is 14.6 Å². The highest BCUT2D eigenvalue weighted by atomic mass is 16.5. The Hall–Kier alpha value is -4.46. The molecular weight excluding hydrogens is 610 g/mol. The minimum Gasteiger partial charge on any atom is -0.497 e. The molecule has 252 valence electrons. The van der Waals surface area contributed by atoms with Crippen LogP contribution in [0.3, 0.4) is 0 Å². The second-order valence-corrected chi connectivity index (χ2v) is 13.5. The molecule has 3 aromatic carbocycles. The van der Waals surface area contributed by atoms with Gasteiger partial charge in [-0.1, -0.05) is 19.1 Å². The number of ether oxygens (including phenoxy) is 6. The summed E-state index contributed by atoms with van der Waals surface area (Å²) < 4.78 is 34.5. The molecule has 0 aromatic heterocycles. The van der Waals surface area contributed by atoms with E-state index in [1.165, 1.54) is 11.1 Å². The first-order valence-electron chi connectivity index (χ1n) is 16.5. The first-order valence-corrected chi connectivity index (χ1v) is 16.5. The van der Waals surface area contributed by atoms with Crippen molar-refractivity contribution in [3.63, 3.8) is 0 Å². The van der Waals surface area contributed by atoms with Gasteiger partial charge in [0.15, 0.2) is 23.0 Å². The minimum absolute atomic E-state index is 0.000637. The highest BCUT2D eigenvalue weighted by molar-refractivity contribution is 5.70. The van der Waals surface area contributed by atoms with Crippen LogP contribution in [0.1, 0.15) is 72.5 Å². The average Bonchev–Trinajstić information content (AvgIpc) is 3.31. The van der Waals surface area contributed by atoms with Crippen molar-refractivity contribution in [2.24, 2.45) is 0 Å². The van der Waals surface area contributed by atoms with Gasteiger partial charge >= 0.3 is 5.97 Å². The number of rotatable bonds is 10. The summed E-state index contributed by atoms with van der Waals surface area (Å²) in [5.41, 5.74) is 5.27. The van der Waals surface area contributed by atoms with Crippen LogP contribution in [0.15, 0.2) is 48.5 Å². The summed E-state index contributed by atoms with van der Waals surface area (Å²) in [7, 11) is 8.21. The number of nitriles is 1. The molecule has 48 heavy (non-hydrogen) atoms. The largest absolute Gasteiger partial charge is 0.497 e. The van der Waals surface area contributed by atoms with Gasteiger partial charge in [-0.15, -0.1) is 0 Å². The molecule has 2 saturated heterocycles. The molecule has 7 unspecified atom stereocenters. The lowest BCUT2D eigenvalue weighted by molar-refractivity contribution is -0.185. The van der Waals surface area contributed by atoms with Crippen LogP contribution in [-0.4, -0.2) is 76.1 Å². The van der Waals surface area contributed by atoms with Gasteiger partial charge < -0.3 is 28.4 Å². The SMILES string of the molecule is COc1cccc(C(C)CC(=O)OCC2c3cc(OC)c(OC)cc3CC3C4c5cc(OC)c(OC)cc5C5(C)CC(C(C#N)N23)N45)c1. The van der Waals surface area contributed by atoms with E-state index in [1.807, 2.05) is 43.3 Å². The molecule has 4 heterocycles. The predicted molar refractivity (Wildman–Crippen MR) is 178 cm³/mol. The number of carbonyl (C=O) groups excluding carboxylic acids is 1. The molecule has 0 saturated carbocycles. The van der Waals surface area contributed by atoms with Gasteiger partial charge in [-0.2, -0.15) is 5.26 Å². The van der Waals surface area contributed by atoms with Crippen LogP contribution in [-0.2, 0) is 21.5 Å². The van der Waals surface area contributed by atoms with Crippen molar-refractivity contribution in [2.45, 2.75) is 74.8 Å². The van der Waals surface area contributed by atoms with E-state index < -0.39 is 6.04 Å². The molecule has 0 amide bonds. The van der Waals surface area contributed by atoms with Gasteiger partial charge in [0.25, 0.3) is 0 Å². The van der Waals surface area contributed by atoms with Crippen LogP contribution in [0.2, 0.25) is 0 Å². The number of hydrogen-bond acceptors (Lipinski definition) is 10. The van der Waals surface area contributed by atoms with Crippen molar-refractivity contribution in [3.8, 4) is 34.8 Å². The molecule has 0 spiro atoms. The van der Waals surface area contributed by atoms with Crippen molar-refractivity contribution in [1.29, 1.82) is 5.26 Å². The zero-order valence-corrected chi connectivity index (χ0v) is 28.6. The number of hydrogen-bond donors (Lipinski definition) is 0. The standard InChI is InChI=1S/C38H43N3O7/c1-21(22-9-8-10-24(12-22)43-3)11-36(42)48-20-31-25-15-33(45-5)32(44-4)14-23(25)13-28-37-26-16-34(46-6)35(47-7)17-27(26)38(2)18-29(41(37)38)30(19-39)40(28)31/h8-10,12,14-17,21,28-31,37H,11,13,18,20H2,1-7H3. The van der Waals surface area contributed by atoms with Crippen molar-refractivity contribution in [2.75, 3.05) is 42.2 Å². The Labute approximate surface area is 282 Å². The summed E-state index contributed by atoms with van der Waals surface area (Å²) in [4.78, 5) is 18.3. The summed E-state index contributed by atoms with van der Waals surface area (Å²) in [5, 5.41) is 10.8. The maximum absolute atomic E-state index is 13.4. The molecule has 2 fully saturated rings. The number of methoxy groups -OCH3 is 5. The third-order valence-electron chi connectivity index (χ3n) is 11.2. The van der Waals surface area contributed by atoms with E-state index in [2.05, 4.69) is 34.9 Å². The molecule has 7 rings (SSSR count). The lowest BCUT2D eigenvalue weighted by Crippen LogP contribution is -2.74. The van der Waals surface area contributed by atoms with Crippen molar-refractivity contribution >= 4 is 5.97 Å². The molecule has 10 heteroatoms. The molecule has 4 aliphatic heterocycles. The van der Waals surface area contributed by atoms with Crippen molar-refractivity contribution in [1.82, 2.24) is 9.80 Å². The Bertz CT molecular complexity index is 1790. The second kappa shape index (κ2) is 12.2. The molecule has 4 aliphatic rings. The summed E-state index contributed by atoms with van der Waals surface area (Å²) >= 11 is 0. The Kier molecular flexibility index (Phi) is 8.17. The Morgan fingerprint density at radius 1 is 0.917 bits per heavy atom. The lowest BCUT2D eigenvalue weighted by atomic mass is 9.71. The summed E-state index contributed by atoms with van der Waals surface area (Å²) in [6.45, 7) is 4.39. The van der Waals surface area contributed by atoms with Gasteiger partial charge in [-0.25, -0.2) is 0 Å². The van der Waals surface area contributed by atoms with E-state index >= 15 is 0 Å². The van der Waals surface area contributed by atoms with Crippen LogP contribution < -0.4 is 23.7 Å². The van der Waals surface area contributed by atoms with E-state index in [9.17, 15) is 10.1 Å². The average molecular weight is 654 g/mol. The fourth-order valence-electron chi connectivity index (χ4n) is 8.93. The molecule has 0 radical (unpaired) electrons. The molecular formula is C38H43N3O7. The highest BCUT2D eigenvalue weighted by Gasteiger charge is 2.68. The van der Waals surface area contributed by atoms with E-state index in [-0.39, 0.29) is 54.6 Å². The van der Waals surface area contributed by atoms with Gasteiger partial charge in [0, 0.05) is 17.6 Å². The van der Waals surface area contributed by atoms with Crippen LogP contribution in [0, 0.1) is 11.3 Å². The van der Waals surface area contributed by atoms with Gasteiger partial charge in [0.2, 0.25) is 0 Å². The van der Waals surface area contributed by atoms with Crippen LogP contribution in [0.4, 0.5) is 0 Å². The normalized spacial score (nSPS) is 27.2. The van der Waals surface area contributed by atoms with Crippen LogP contribution in [0.25, 0.3) is 0 Å². The van der Waals surface area contributed by atoms with E-state index in [1.54, 1.807) is 35.5 Å². The zero-order valence-electron chi connectivity index (χ0n) is 28.6. The van der Waals surface area contributed by atoms with Gasteiger partial charge in [0.05, 0.1) is 60.1 Å². The monoisotopic (exact) mass is 653 g/mol. The van der Waals surface area contributed by atoms with E-state index in [0.29, 0.717) is 29.4 Å². The Morgan fingerprint density at radius 2 is 1.58 bits per heavy atom. The number of esters is 1. The highest BCUT2D eigenvalue weighted by Crippen LogP contribution is 2.65. The minimum atomic E-state index is -0.405. The number of piperazine rings is 1. The molecule has 7 atom stereocenters. The third kappa shape index (κ3) is 4.78. The predicted octanol–water partition coefficient (Wildman–Crippen LogP) is 5.68. The van der Waals surface area contributed by atoms with E-state index in [4.69, 9.17) is 28.4 Å². The number of fused-ring (bicyclic) bond motifs is 6. The maximum atomic E-state index is 13.4. The zero-order chi connectivity index (χ0) is 33.9. The summed E-state index contributed by atoms with van der Waals surface area (Å²) in [6.07, 6.45) is 1.73. The first kappa shape index (κ1) is 32.1. The summed E-state index contributed by atoms with van der Waals surface area (Å²) in [5.74, 6) is 3.03. The number of benzene rings is 3. The van der Waals surface area contributed by atoms with Crippen LogP contribution >= 0.6 is 0 Å². The maximum Gasteiger partial charge on any atom is 0.306 e. The van der Waals surface area contributed by atoms with Gasteiger partial charge in [0.1, 0.15) is 18.4 Å². The Morgan fingerprint density at radius 3 is 2.25 bits per heavy atom. The molecule has 0 N–H and O–H groups in total. The molecule has 10 nitrogen and oxygen atoms in total. The summed E-state index contributed by atoms with van der Waals surface area (Å²) in [6, 6.07) is 17.9. The quantitative estimate of drug-likeness (QED) is 0.254. The smallest absolute Gasteiger partial charge is 0.306 e. The fraction of sp³-hybridized carbons (Fsp3) is 0.474. The molecule has 0 bridgehead atoms. The van der Waals surface area contributed by atoms with E-state index in [0.717, 1.165) is 28.9 Å². The lowest BCUT2D eigenvalue weighted by Gasteiger charge is -2.65.